The molecule has 0 aliphatic heterocycles. The summed E-state index contributed by atoms with van der Waals surface area (Å²) in [5.41, 5.74) is 9.01. The van der Waals surface area contributed by atoms with Crippen LogP contribution >= 0.6 is 0 Å². The minimum Gasteiger partial charge on any atom is -0.145 e. The fourth-order valence-electron chi connectivity index (χ4n) is 0.841. The zero-order valence-corrected chi connectivity index (χ0v) is 6.21. The number of nitroso groups, excluding NO2 is 1. The van der Waals surface area contributed by atoms with E-state index in [1.54, 1.807) is 24.3 Å². The van der Waals surface area contributed by atoms with Crippen molar-refractivity contribution in [3.8, 4) is 0 Å². The van der Waals surface area contributed by atoms with Gasteiger partial charge in [0.05, 0.1) is 6.54 Å². The predicted octanol–water partition coefficient (Wildman–Crippen LogP) is 2.89. The van der Waals surface area contributed by atoms with Crippen LogP contribution in [0.25, 0.3) is 10.4 Å². The molecule has 0 aliphatic rings. The lowest BCUT2D eigenvalue weighted by atomic mass is 10.2. The first-order valence-corrected chi connectivity index (χ1v) is 3.30. The highest BCUT2D eigenvalue weighted by atomic mass is 16.3. The van der Waals surface area contributed by atoms with Crippen LogP contribution < -0.4 is 0 Å². The van der Waals surface area contributed by atoms with Crippen molar-refractivity contribution in [1.29, 1.82) is 0 Å². The van der Waals surface area contributed by atoms with Crippen molar-refractivity contribution in [1.82, 2.24) is 0 Å². The molecule has 1 aromatic rings. The third kappa shape index (κ3) is 1.81. The summed E-state index contributed by atoms with van der Waals surface area (Å²) >= 11 is 0. The molecule has 5 heteroatoms. The highest BCUT2D eigenvalue weighted by molar-refractivity contribution is 5.45. The Labute approximate surface area is 68.6 Å². The molecule has 0 amide bonds. The van der Waals surface area contributed by atoms with Crippen LogP contribution in [0.2, 0.25) is 0 Å². The molecule has 60 valence electrons. The maximum Gasteiger partial charge on any atom is 0.111 e. The SMILES string of the molecule is [N-]=[N+]=NCc1ccccc1N=O. The average molecular weight is 162 g/mol. The van der Waals surface area contributed by atoms with E-state index in [1.165, 1.54) is 0 Å². The van der Waals surface area contributed by atoms with E-state index < -0.39 is 0 Å². The third-order valence-corrected chi connectivity index (χ3v) is 1.39. The van der Waals surface area contributed by atoms with Crippen LogP contribution in [0.15, 0.2) is 34.6 Å². The van der Waals surface area contributed by atoms with E-state index in [4.69, 9.17) is 5.53 Å². The van der Waals surface area contributed by atoms with Gasteiger partial charge in [-0.25, -0.2) is 0 Å². The second-order valence-corrected chi connectivity index (χ2v) is 2.11. The molecule has 0 bridgehead atoms. The molecule has 0 saturated heterocycles. The average Bonchev–Trinajstić information content (AvgIpc) is 2.15. The van der Waals surface area contributed by atoms with Crippen molar-refractivity contribution in [3.05, 3.63) is 45.2 Å². The van der Waals surface area contributed by atoms with Gasteiger partial charge in [-0.05, 0) is 22.3 Å². The van der Waals surface area contributed by atoms with E-state index in [1.807, 2.05) is 0 Å². The van der Waals surface area contributed by atoms with Gasteiger partial charge in [0, 0.05) is 4.91 Å². The molecular weight excluding hydrogens is 156 g/mol. The summed E-state index contributed by atoms with van der Waals surface area (Å²) < 4.78 is 0. The smallest absolute Gasteiger partial charge is 0.111 e. The molecule has 12 heavy (non-hydrogen) atoms. The lowest BCUT2D eigenvalue weighted by Crippen LogP contribution is -1.79. The van der Waals surface area contributed by atoms with Crippen LogP contribution in [-0.4, -0.2) is 0 Å². The van der Waals surface area contributed by atoms with Crippen molar-refractivity contribution in [2.75, 3.05) is 0 Å². The molecule has 0 atom stereocenters. The molecule has 0 aromatic heterocycles. The number of hydrogen-bond donors (Lipinski definition) is 0. The van der Waals surface area contributed by atoms with E-state index in [0.29, 0.717) is 11.3 Å². The predicted molar refractivity (Wildman–Crippen MR) is 44.7 cm³/mol. The number of azide groups is 1. The zero-order valence-electron chi connectivity index (χ0n) is 6.21. The summed E-state index contributed by atoms with van der Waals surface area (Å²) in [6, 6.07) is 6.74. The monoisotopic (exact) mass is 162 g/mol. The van der Waals surface area contributed by atoms with Crippen molar-refractivity contribution in [3.63, 3.8) is 0 Å². The third-order valence-electron chi connectivity index (χ3n) is 1.39. The van der Waals surface area contributed by atoms with Gasteiger partial charge in [-0.15, -0.1) is 4.91 Å². The van der Waals surface area contributed by atoms with Crippen LogP contribution in [0, 0.1) is 4.91 Å². The number of benzene rings is 1. The van der Waals surface area contributed by atoms with Crippen LogP contribution in [0.3, 0.4) is 0 Å². The second-order valence-electron chi connectivity index (χ2n) is 2.11. The fraction of sp³-hybridized carbons (Fsp3) is 0.143. The van der Waals surface area contributed by atoms with Crippen LogP contribution in [0.5, 0.6) is 0 Å². The first-order valence-electron chi connectivity index (χ1n) is 3.30. The fourth-order valence-corrected chi connectivity index (χ4v) is 0.841. The van der Waals surface area contributed by atoms with Gasteiger partial charge >= 0.3 is 0 Å². The highest BCUT2D eigenvalue weighted by Crippen LogP contribution is 2.18. The van der Waals surface area contributed by atoms with Gasteiger partial charge in [-0.1, -0.05) is 23.3 Å². The number of hydrogen-bond acceptors (Lipinski definition) is 3. The van der Waals surface area contributed by atoms with Crippen molar-refractivity contribution in [2.45, 2.75) is 6.54 Å². The summed E-state index contributed by atoms with van der Waals surface area (Å²) in [4.78, 5) is 12.8. The Hall–Kier alpha value is -1.87. The van der Waals surface area contributed by atoms with E-state index >= 15 is 0 Å². The zero-order chi connectivity index (χ0) is 8.81. The van der Waals surface area contributed by atoms with Gasteiger partial charge < -0.3 is 0 Å². The Bertz CT molecular complexity index is 330. The van der Waals surface area contributed by atoms with E-state index in [-0.39, 0.29) is 6.54 Å². The molecule has 1 rings (SSSR count). The molecule has 1 aromatic carbocycles. The Balaban J connectivity index is 2.96. The van der Waals surface area contributed by atoms with Crippen LogP contribution in [0.4, 0.5) is 5.69 Å². The minimum absolute atomic E-state index is 0.165. The number of rotatable bonds is 3. The largest absolute Gasteiger partial charge is 0.145 e. The normalized spacial score (nSPS) is 8.67. The highest BCUT2D eigenvalue weighted by Gasteiger charge is 1.98. The van der Waals surface area contributed by atoms with E-state index in [2.05, 4.69) is 15.2 Å². The number of nitrogens with zero attached hydrogens (tertiary/aromatic N) is 4. The van der Waals surface area contributed by atoms with Gasteiger partial charge in [-0.2, -0.15) is 0 Å². The topological polar surface area (TPSA) is 78.2 Å². The molecule has 0 aliphatic carbocycles. The molecule has 0 unspecified atom stereocenters. The van der Waals surface area contributed by atoms with Crippen molar-refractivity contribution >= 4 is 5.69 Å². The Morgan fingerprint density at radius 2 is 2.17 bits per heavy atom. The summed E-state index contributed by atoms with van der Waals surface area (Å²) in [5.74, 6) is 0. The Kier molecular flexibility index (Phi) is 2.81. The maximum atomic E-state index is 10.2. The standard InChI is InChI=1S/C7H6N4O/c8-11-9-5-6-3-1-2-4-7(6)10-12/h1-4H,5H2. The maximum absolute atomic E-state index is 10.2. The summed E-state index contributed by atoms with van der Waals surface area (Å²) in [6.07, 6.45) is 0. The minimum atomic E-state index is 0.165. The van der Waals surface area contributed by atoms with Gasteiger partial charge in [0.1, 0.15) is 5.69 Å². The summed E-state index contributed by atoms with van der Waals surface area (Å²) in [7, 11) is 0. The molecule has 0 spiro atoms. The van der Waals surface area contributed by atoms with Gasteiger partial charge in [0.2, 0.25) is 0 Å². The lowest BCUT2D eigenvalue weighted by Gasteiger charge is -1.96. The molecule has 0 fully saturated rings. The molecule has 0 radical (unpaired) electrons. The molecule has 0 saturated carbocycles. The van der Waals surface area contributed by atoms with Crippen LogP contribution in [0.1, 0.15) is 5.56 Å². The molecular formula is C7H6N4O. The van der Waals surface area contributed by atoms with Gasteiger partial charge in [0.25, 0.3) is 0 Å². The molecule has 0 heterocycles. The molecule has 5 nitrogen and oxygen atoms in total. The van der Waals surface area contributed by atoms with E-state index in [9.17, 15) is 4.91 Å². The summed E-state index contributed by atoms with van der Waals surface area (Å²) in [5, 5.41) is 6.12. The second kappa shape index (κ2) is 4.10. The first kappa shape index (κ1) is 8.23. The quantitative estimate of drug-likeness (QED) is 0.291. The van der Waals surface area contributed by atoms with Gasteiger partial charge in [0.15, 0.2) is 0 Å². The van der Waals surface area contributed by atoms with Crippen LogP contribution in [-0.2, 0) is 6.54 Å². The summed E-state index contributed by atoms with van der Waals surface area (Å²) in [6.45, 7) is 0.165. The van der Waals surface area contributed by atoms with E-state index in [0.717, 1.165) is 0 Å². The Morgan fingerprint density at radius 1 is 1.42 bits per heavy atom. The van der Waals surface area contributed by atoms with Gasteiger partial charge in [-0.3, -0.25) is 0 Å². The van der Waals surface area contributed by atoms with Crippen molar-refractivity contribution in [2.24, 2.45) is 10.3 Å². The first-order chi connectivity index (χ1) is 5.88. The lowest BCUT2D eigenvalue weighted by molar-refractivity contribution is 1.04. The Morgan fingerprint density at radius 3 is 2.83 bits per heavy atom. The molecule has 0 N–H and O–H groups in total. The van der Waals surface area contributed by atoms with Crippen molar-refractivity contribution < 1.29 is 0 Å².